The molecule has 1 fully saturated rings. The van der Waals surface area contributed by atoms with Crippen molar-refractivity contribution in [1.82, 2.24) is 0 Å². The van der Waals surface area contributed by atoms with E-state index in [0.29, 0.717) is 18.1 Å². The smallest absolute Gasteiger partial charge is 0.335 e. The fourth-order valence-electron chi connectivity index (χ4n) is 3.99. The number of hydrogen-bond acceptors (Lipinski definition) is 5. The summed E-state index contributed by atoms with van der Waals surface area (Å²) in [7, 11) is 4.89. The Morgan fingerprint density at radius 1 is 0.963 bits per heavy atom. The van der Waals surface area contributed by atoms with Gasteiger partial charge in [-0.25, -0.2) is 4.79 Å². The van der Waals surface area contributed by atoms with Gasteiger partial charge in [-0.1, -0.05) is 12.1 Å². The van der Waals surface area contributed by atoms with Crippen LogP contribution in [0.3, 0.4) is 0 Å². The van der Waals surface area contributed by atoms with Crippen molar-refractivity contribution in [3.63, 3.8) is 0 Å². The number of benzene rings is 2. The number of fused-ring (bicyclic) bond motifs is 2. The number of hydrogen-bond donors (Lipinski definition) is 0. The van der Waals surface area contributed by atoms with Gasteiger partial charge in [0.15, 0.2) is 11.5 Å². The van der Waals surface area contributed by atoms with E-state index in [1.54, 1.807) is 21.3 Å². The van der Waals surface area contributed by atoms with Crippen molar-refractivity contribution in [3.8, 4) is 17.2 Å². The summed E-state index contributed by atoms with van der Waals surface area (Å²) in [5, 5.41) is 0. The molecule has 0 saturated carbocycles. The van der Waals surface area contributed by atoms with Crippen molar-refractivity contribution in [2.24, 2.45) is 5.92 Å². The normalized spacial score (nSPS) is 17.9. The maximum absolute atomic E-state index is 12.5. The third-order valence-corrected chi connectivity index (χ3v) is 5.35. The number of carbonyl (C=O) groups is 1. The van der Waals surface area contributed by atoms with E-state index in [9.17, 15) is 4.79 Å². The van der Waals surface area contributed by atoms with Crippen molar-refractivity contribution in [1.29, 1.82) is 0 Å². The average molecular weight is 366 g/mol. The highest BCUT2D eigenvalue weighted by Gasteiger charge is 2.39. The monoisotopic (exact) mass is 366 g/mol. The molecule has 4 rings (SSSR count). The maximum atomic E-state index is 12.5. The number of esters is 1. The van der Waals surface area contributed by atoms with Gasteiger partial charge in [0.05, 0.1) is 33.5 Å². The summed E-state index contributed by atoms with van der Waals surface area (Å²) in [6.45, 7) is 2.41. The molecule has 0 spiro atoms. The summed E-state index contributed by atoms with van der Waals surface area (Å²) in [5.74, 6) is 1.92. The van der Waals surface area contributed by atoms with Crippen molar-refractivity contribution < 1.29 is 23.7 Å². The average Bonchev–Trinajstić information content (AvgIpc) is 3.06. The van der Waals surface area contributed by atoms with Gasteiger partial charge in [0.2, 0.25) is 0 Å². The molecule has 2 aromatic carbocycles. The minimum absolute atomic E-state index is 0.0467. The standard InChI is InChI=1S/C22H22O5/c1-12-5-6-13(8-17(12)24-2)20-16-10-19(26-4)18(25-3)9-14(16)7-15-11-27-22(23)21(15)20/h5-6,8-10,15H,7,11H2,1-4H3. The molecule has 5 nitrogen and oxygen atoms in total. The van der Waals surface area contributed by atoms with E-state index in [1.807, 2.05) is 37.3 Å². The van der Waals surface area contributed by atoms with Gasteiger partial charge in [-0.15, -0.1) is 0 Å². The minimum Gasteiger partial charge on any atom is -0.496 e. The molecule has 2 aromatic rings. The number of aryl methyl sites for hydroxylation is 1. The van der Waals surface area contributed by atoms with Crippen LogP contribution in [0.1, 0.15) is 22.3 Å². The Bertz CT molecular complexity index is 957. The molecule has 2 aliphatic rings. The Kier molecular flexibility index (Phi) is 4.30. The summed E-state index contributed by atoms with van der Waals surface area (Å²) >= 11 is 0. The molecule has 1 aliphatic heterocycles. The van der Waals surface area contributed by atoms with Crippen molar-refractivity contribution >= 4 is 11.5 Å². The highest BCUT2D eigenvalue weighted by molar-refractivity contribution is 6.05. The van der Waals surface area contributed by atoms with E-state index in [-0.39, 0.29) is 11.9 Å². The zero-order chi connectivity index (χ0) is 19.1. The zero-order valence-electron chi connectivity index (χ0n) is 15.9. The van der Waals surface area contributed by atoms with Gasteiger partial charge in [0, 0.05) is 11.5 Å². The Hall–Kier alpha value is -2.95. The van der Waals surface area contributed by atoms with Crippen molar-refractivity contribution in [2.45, 2.75) is 13.3 Å². The molecule has 0 bridgehead atoms. The van der Waals surface area contributed by atoms with Crippen LogP contribution >= 0.6 is 0 Å². The number of cyclic esters (lactones) is 1. The van der Waals surface area contributed by atoms with Crippen LogP contribution < -0.4 is 14.2 Å². The van der Waals surface area contributed by atoms with Gasteiger partial charge < -0.3 is 18.9 Å². The Morgan fingerprint density at radius 3 is 2.37 bits per heavy atom. The lowest BCUT2D eigenvalue weighted by Crippen LogP contribution is -2.17. The molecule has 1 atom stereocenters. The molecule has 140 valence electrons. The molecule has 0 amide bonds. The van der Waals surface area contributed by atoms with Crippen LogP contribution in [0.5, 0.6) is 17.2 Å². The van der Waals surface area contributed by atoms with E-state index in [4.69, 9.17) is 18.9 Å². The summed E-state index contributed by atoms with van der Waals surface area (Å²) in [6, 6.07) is 9.96. The second-order valence-electron chi connectivity index (χ2n) is 6.84. The van der Waals surface area contributed by atoms with Gasteiger partial charge in [0.25, 0.3) is 0 Å². The first-order valence-electron chi connectivity index (χ1n) is 8.89. The molecule has 1 aliphatic carbocycles. The van der Waals surface area contributed by atoms with Crippen LogP contribution in [-0.4, -0.2) is 33.9 Å². The van der Waals surface area contributed by atoms with Gasteiger partial charge >= 0.3 is 5.97 Å². The van der Waals surface area contributed by atoms with Crippen LogP contribution in [0.4, 0.5) is 0 Å². The summed E-state index contributed by atoms with van der Waals surface area (Å²) in [4.78, 5) is 12.5. The Labute approximate surface area is 158 Å². The predicted molar refractivity (Wildman–Crippen MR) is 101 cm³/mol. The third kappa shape index (κ3) is 2.74. The molecule has 1 saturated heterocycles. The largest absolute Gasteiger partial charge is 0.496 e. The van der Waals surface area contributed by atoms with Crippen LogP contribution in [0.15, 0.2) is 35.9 Å². The highest BCUT2D eigenvalue weighted by Crippen LogP contribution is 2.46. The molecule has 1 heterocycles. The lowest BCUT2D eigenvalue weighted by molar-refractivity contribution is -0.135. The molecular weight excluding hydrogens is 344 g/mol. The van der Waals surface area contributed by atoms with E-state index < -0.39 is 0 Å². The first kappa shape index (κ1) is 17.5. The van der Waals surface area contributed by atoms with Crippen molar-refractivity contribution in [3.05, 3.63) is 58.2 Å². The second-order valence-corrected chi connectivity index (χ2v) is 6.84. The van der Waals surface area contributed by atoms with E-state index in [1.165, 1.54) is 0 Å². The number of methoxy groups -OCH3 is 3. The van der Waals surface area contributed by atoms with Crippen LogP contribution in [0.25, 0.3) is 5.57 Å². The van der Waals surface area contributed by atoms with Gasteiger partial charge in [0.1, 0.15) is 5.75 Å². The fourth-order valence-corrected chi connectivity index (χ4v) is 3.99. The Morgan fingerprint density at radius 2 is 1.67 bits per heavy atom. The first-order valence-corrected chi connectivity index (χ1v) is 8.89. The number of ether oxygens (including phenoxy) is 4. The molecule has 1 unspecified atom stereocenters. The van der Waals surface area contributed by atoms with E-state index in [2.05, 4.69) is 0 Å². The van der Waals surface area contributed by atoms with Crippen molar-refractivity contribution in [2.75, 3.05) is 27.9 Å². The highest BCUT2D eigenvalue weighted by atomic mass is 16.5. The molecule has 0 aromatic heterocycles. The summed E-state index contributed by atoms with van der Waals surface area (Å²) in [5.41, 5.74) is 5.70. The summed E-state index contributed by atoms with van der Waals surface area (Å²) in [6.07, 6.45) is 0.739. The SMILES string of the molecule is COc1cc(C2=C3C(=O)OCC3Cc3cc(OC)c(OC)cc32)ccc1C. The van der Waals surface area contributed by atoms with Crippen LogP contribution in [0, 0.1) is 12.8 Å². The maximum Gasteiger partial charge on any atom is 0.335 e. The molecule has 0 radical (unpaired) electrons. The topological polar surface area (TPSA) is 54.0 Å². The van der Waals surface area contributed by atoms with Gasteiger partial charge in [-0.2, -0.15) is 0 Å². The molecule has 27 heavy (non-hydrogen) atoms. The molecule has 0 N–H and O–H groups in total. The van der Waals surface area contributed by atoms with Gasteiger partial charge in [-0.05, 0) is 53.8 Å². The van der Waals surface area contributed by atoms with Gasteiger partial charge in [-0.3, -0.25) is 0 Å². The quantitative estimate of drug-likeness (QED) is 0.775. The lowest BCUT2D eigenvalue weighted by atomic mass is 9.77. The molecule has 5 heteroatoms. The predicted octanol–water partition coefficient (Wildman–Crippen LogP) is 3.55. The van der Waals surface area contributed by atoms with Crippen LogP contribution in [-0.2, 0) is 16.0 Å². The number of rotatable bonds is 4. The minimum atomic E-state index is -0.241. The Balaban J connectivity index is 1.99. The molecular formula is C22H22O5. The summed E-state index contributed by atoms with van der Waals surface area (Å²) < 4.78 is 21.9. The third-order valence-electron chi connectivity index (χ3n) is 5.35. The van der Waals surface area contributed by atoms with E-state index >= 15 is 0 Å². The first-order chi connectivity index (χ1) is 13.1. The lowest BCUT2D eigenvalue weighted by Gasteiger charge is -2.26. The number of carbonyl (C=O) groups excluding carboxylic acids is 1. The van der Waals surface area contributed by atoms with Crippen LogP contribution in [0.2, 0.25) is 0 Å². The second kappa shape index (κ2) is 6.65. The van der Waals surface area contributed by atoms with E-state index in [0.717, 1.165) is 45.6 Å². The fraction of sp³-hybridized carbons (Fsp3) is 0.318. The zero-order valence-corrected chi connectivity index (χ0v) is 15.9.